The first-order valence-electron chi connectivity index (χ1n) is 5.68. The summed E-state index contributed by atoms with van der Waals surface area (Å²) in [5.74, 6) is -0.309. The van der Waals surface area contributed by atoms with Crippen LogP contribution >= 0.6 is 0 Å². The number of oxime groups is 1. The van der Waals surface area contributed by atoms with Crippen molar-refractivity contribution in [2.24, 2.45) is 5.16 Å². The molecule has 2 aromatic carbocycles. The third-order valence-corrected chi connectivity index (χ3v) is 2.44. The van der Waals surface area contributed by atoms with E-state index < -0.39 is 0 Å². The lowest BCUT2D eigenvalue weighted by Crippen LogP contribution is -1.89. The van der Waals surface area contributed by atoms with Gasteiger partial charge in [0.1, 0.15) is 12.4 Å². The van der Waals surface area contributed by atoms with Gasteiger partial charge < -0.3 is 4.84 Å². The van der Waals surface area contributed by atoms with Gasteiger partial charge in [-0.25, -0.2) is 4.39 Å². The Kier molecular flexibility index (Phi) is 4.25. The third-order valence-electron chi connectivity index (χ3n) is 2.44. The van der Waals surface area contributed by atoms with Gasteiger partial charge in [0.15, 0.2) is 0 Å². The van der Waals surface area contributed by atoms with E-state index in [0.29, 0.717) is 17.7 Å². The van der Waals surface area contributed by atoms with E-state index in [4.69, 9.17) is 10.1 Å². The van der Waals surface area contributed by atoms with Gasteiger partial charge in [0, 0.05) is 0 Å². The van der Waals surface area contributed by atoms with Crippen molar-refractivity contribution in [1.82, 2.24) is 0 Å². The fourth-order valence-electron chi connectivity index (χ4n) is 1.47. The average Bonchev–Trinajstić information content (AvgIpc) is 2.44. The summed E-state index contributed by atoms with van der Waals surface area (Å²) in [6, 6.07) is 15.2. The van der Waals surface area contributed by atoms with Gasteiger partial charge in [-0.05, 0) is 35.4 Å². The Morgan fingerprint density at radius 3 is 2.68 bits per heavy atom. The Balaban J connectivity index is 1.87. The van der Waals surface area contributed by atoms with Gasteiger partial charge in [-0.1, -0.05) is 29.4 Å². The highest BCUT2D eigenvalue weighted by atomic mass is 19.1. The lowest BCUT2D eigenvalue weighted by molar-refractivity contribution is 0.132. The van der Waals surface area contributed by atoms with Crippen LogP contribution in [0, 0.1) is 17.1 Å². The second-order valence-electron chi connectivity index (χ2n) is 3.87. The molecule has 0 unspecified atom stereocenters. The van der Waals surface area contributed by atoms with Crippen LogP contribution < -0.4 is 0 Å². The fraction of sp³-hybridized carbons (Fsp3) is 0.0667. The summed E-state index contributed by atoms with van der Waals surface area (Å²) in [5.41, 5.74) is 2.15. The standard InChI is InChI=1S/C15H11FN2O/c16-15-3-1-2-14(8-15)10-18-19-11-13-6-4-12(9-17)5-7-13/h1-8,10H,11H2/b18-10+. The molecule has 2 rings (SSSR count). The SMILES string of the molecule is N#Cc1ccc(CO/N=C/c2cccc(F)c2)cc1. The summed E-state index contributed by atoms with van der Waals surface area (Å²) < 4.78 is 12.9. The number of benzene rings is 2. The summed E-state index contributed by atoms with van der Waals surface area (Å²) in [7, 11) is 0. The van der Waals surface area contributed by atoms with Crippen LogP contribution in [0.3, 0.4) is 0 Å². The molecule has 94 valence electrons. The van der Waals surface area contributed by atoms with Crippen LogP contribution in [0.25, 0.3) is 0 Å². The normalized spacial score (nSPS) is 10.3. The maximum atomic E-state index is 12.9. The van der Waals surface area contributed by atoms with Crippen LogP contribution in [0.2, 0.25) is 0 Å². The summed E-state index contributed by atoms with van der Waals surface area (Å²) in [4.78, 5) is 5.10. The van der Waals surface area contributed by atoms with E-state index in [1.54, 1.807) is 36.4 Å². The first-order chi connectivity index (χ1) is 9.28. The van der Waals surface area contributed by atoms with E-state index in [2.05, 4.69) is 5.16 Å². The lowest BCUT2D eigenvalue weighted by Gasteiger charge is -1.99. The summed E-state index contributed by atoms with van der Waals surface area (Å²) in [6.07, 6.45) is 1.45. The zero-order valence-electron chi connectivity index (χ0n) is 10.1. The van der Waals surface area contributed by atoms with Gasteiger partial charge in [-0.2, -0.15) is 5.26 Å². The largest absolute Gasteiger partial charge is 0.391 e. The molecule has 19 heavy (non-hydrogen) atoms. The molecule has 2 aromatic rings. The molecule has 0 aliphatic carbocycles. The van der Waals surface area contributed by atoms with Crippen LogP contribution in [0.1, 0.15) is 16.7 Å². The first kappa shape index (κ1) is 12.8. The molecule has 4 heteroatoms. The number of nitriles is 1. The molecule has 0 N–H and O–H groups in total. The Morgan fingerprint density at radius 1 is 1.21 bits per heavy atom. The van der Waals surface area contributed by atoms with Crippen molar-refractivity contribution < 1.29 is 9.23 Å². The molecule has 0 aliphatic rings. The third kappa shape index (κ3) is 3.93. The summed E-state index contributed by atoms with van der Waals surface area (Å²) >= 11 is 0. The minimum Gasteiger partial charge on any atom is -0.391 e. The Labute approximate surface area is 110 Å². The van der Waals surface area contributed by atoms with E-state index in [9.17, 15) is 4.39 Å². The Morgan fingerprint density at radius 2 is 2.00 bits per heavy atom. The van der Waals surface area contributed by atoms with Gasteiger partial charge in [0.2, 0.25) is 0 Å². The number of rotatable bonds is 4. The maximum Gasteiger partial charge on any atom is 0.142 e. The van der Waals surface area contributed by atoms with E-state index in [-0.39, 0.29) is 5.82 Å². The maximum absolute atomic E-state index is 12.9. The molecule has 0 fully saturated rings. The number of hydrogen-bond acceptors (Lipinski definition) is 3. The van der Waals surface area contributed by atoms with Crippen molar-refractivity contribution in [3.63, 3.8) is 0 Å². The first-order valence-corrected chi connectivity index (χ1v) is 5.68. The molecule has 0 saturated carbocycles. The summed E-state index contributed by atoms with van der Waals surface area (Å²) in [6.45, 7) is 0.303. The van der Waals surface area contributed by atoms with Crippen molar-refractivity contribution >= 4 is 6.21 Å². The van der Waals surface area contributed by atoms with Crippen molar-refractivity contribution in [1.29, 1.82) is 5.26 Å². The second kappa shape index (κ2) is 6.31. The number of hydrogen-bond donors (Lipinski definition) is 0. The monoisotopic (exact) mass is 254 g/mol. The van der Waals surface area contributed by atoms with Crippen LogP contribution in [0.15, 0.2) is 53.7 Å². The van der Waals surface area contributed by atoms with Crippen molar-refractivity contribution in [3.8, 4) is 6.07 Å². The van der Waals surface area contributed by atoms with Gasteiger partial charge >= 0.3 is 0 Å². The highest BCUT2D eigenvalue weighted by Crippen LogP contribution is 2.05. The van der Waals surface area contributed by atoms with Gasteiger partial charge in [-0.15, -0.1) is 0 Å². The van der Waals surface area contributed by atoms with E-state index in [0.717, 1.165) is 5.56 Å². The minimum absolute atomic E-state index is 0.303. The van der Waals surface area contributed by atoms with Crippen molar-refractivity contribution in [2.75, 3.05) is 0 Å². The average molecular weight is 254 g/mol. The smallest absolute Gasteiger partial charge is 0.142 e. The molecule has 0 bridgehead atoms. The van der Waals surface area contributed by atoms with Crippen LogP contribution in [0.4, 0.5) is 4.39 Å². The number of halogens is 1. The highest BCUT2D eigenvalue weighted by Gasteiger charge is 1.94. The predicted molar refractivity (Wildman–Crippen MR) is 69.9 cm³/mol. The molecule has 0 amide bonds. The fourth-order valence-corrected chi connectivity index (χ4v) is 1.47. The molecule has 0 atom stereocenters. The highest BCUT2D eigenvalue weighted by molar-refractivity contribution is 5.78. The number of nitrogens with zero attached hydrogens (tertiary/aromatic N) is 2. The molecular formula is C15H11FN2O. The molecule has 0 radical (unpaired) electrons. The molecule has 0 aliphatic heterocycles. The molecule has 3 nitrogen and oxygen atoms in total. The Hall–Kier alpha value is -2.67. The van der Waals surface area contributed by atoms with Crippen molar-refractivity contribution in [3.05, 3.63) is 71.0 Å². The molecule has 0 saturated heterocycles. The molecular weight excluding hydrogens is 243 g/mol. The van der Waals surface area contributed by atoms with Gasteiger partial charge in [0.05, 0.1) is 17.8 Å². The zero-order valence-corrected chi connectivity index (χ0v) is 10.1. The molecule has 0 heterocycles. The summed E-state index contributed by atoms with van der Waals surface area (Å²) in [5, 5.41) is 12.4. The van der Waals surface area contributed by atoms with Crippen LogP contribution in [0.5, 0.6) is 0 Å². The molecule has 0 spiro atoms. The van der Waals surface area contributed by atoms with E-state index in [1.165, 1.54) is 18.3 Å². The minimum atomic E-state index is -0.309. The quantitative estimate of drug-likeness (QED) is 0.621. The van der Waals surface area contributed by atoms with E-state index >= 15 is 0 Å². The van der Waals surface area contributed by atoms with Crippen LogP contribution in [-0.4, -0.2) is 6.21 Å². The predicted octanol–water partition coefficient (Wildman–Crippen LogP) is 3.25. The topological polar surface area (TPSA) is 45.4 Å². The zero-order chi connectivity index (χ0) is 13.5. The van der Waals surface area contributed by atoms with Crippen molar-refractivity contribution in [2.45, 2.75) is 6.61 Å². The molecule has 0 aromatic heterocycles. The van der Waals surface area contributed by atoms with Crippen LogP contribution in [-0.2, 0) is 11.4 Å². The Bertz CT molecular complexity index is 615. The van der Waals surface area contributed by atoms with E-state index in [1.807, 2.05) is 6.07 Å². The lowest BCUT2D eigenvalue weighted by atomic mass is 10.2. The van der Waals surface area contributed by atoms with Gasteiger partial charge in [0.25, 0.3) is 0 Å². The second-order valence-corrected chi connectivity index (χ2v) is 3.87. The van der Waals surface area contributed by atoms with Gasteiger partial charge in [-0.3, -0.25) is 0 Å².